The van der Waals surface area contributed by atoms with Crippen LogP contribution in [0.5, 0.6) is 11.5 Å². The molecule has 1 aromatic heterocycles. The van der Waals surface area contributed by atoms with E-state index in [4.69, 9.17) is 4.74 Å². The Morgan fingerprint density at radius 3 is 2.85 bits per heavy atom. The second-order valence-corrected chi connectivity index (χ2v) is 6.20. The highest BCUT2D eigenvalue weighted by molar-refractivity contribution is 5.94. The molecule has 6 nitrogen and oxygen atoms in total. The Morgan fingerprint density at radius 2 is 2.15 bits per heavy atom. The maximum Gasteiger partial charge on any atom is 0.326 e. The van der Waals surface area contributed by atoms with Crippen LogP contribution in [0.4, 0.5) is 4.39 Å². The van der Waals surface area contributed by atoms with Crippen LogP contribution in [0.2, 0.25) is 0 Å². The van der Waals surface area contributed by atoms with E-state index in [-0.39, 0.29) is 5.75 Å². The van der Waals surface area contributed by atoms with Gasteiger partial charge in [0, 0.05) is 18.8 Å². The number of likely N-dealkylation sites (tertiary alicyclic amines) is 1. The molecule has 140 valence electrons. The molecule has 0 radical (unpaired) electrons. The number of carbonyl (C=O) groups is 2. The van der Waals surface area contributed by atoms with E-state index in [1.807, 2.05) is 0 Å². The Balaban J connectivity index is 1.69. The van der Waals surface area contributed by atoms with Crippen molar-refractivity contribution in [3.8, 4) is 11.5 Å². The maximum atomic E-state index is 14.2. The van der Waals surface area contributed by atoms with Crippen LogP contribution in [0.25, 0.3) is 6.08 Å². The molecule has 7 heteroatoms. The third kappa shape index (κ3) is 4.69. The Morgan fingerprint density at radius 1 is 1.30 bits per heavy atom. The topological polar surface area (TPSA) is 79.7 Å². The van der Waals surface area contributed by atoms with Gasteiger partial charge in [-0.3, -0.25) is 9.78 Å². The van der Waals surface area contributed by atoms with Gasteiger partial charge in [-0.05, 0) is 55.2 Å². The average Bonchev–Trinajstić information content (AvgIpc) is 2.68. The van der Waals surface area contributed by atoms with Crippen molar-refractivity contribution in [1.82, 2.24) is 9.88 Å². The molecule has 1 unspecified atom stereocenters. The molecule has 1 aliphatic heterocycles. The predicted molar refractivity (Wildman–Crippen MR) is 96.7 cm³/mol. The number of aromatic nitrogens is 1. The van der Waals surface area contributed by atoms with Crippen LogP contribution in [0.1, 0.15) is 24.8 Å². The number of nitrogens with zero attached hydrogens (tertiary/aromatic N) is 2. The minimum absolute atomic E-state index is 0.0495. The monoisotopic (exact) mass is 370 g/mol. The number of carbonyl (C=O) groups excluding carboxylic acids is 1. The minimum atomic E-state index is -1.00. The Labute approximate surface area is 155 Å². The minimum Gasteiger partial charge on any atom is -0.480 e. The number of carboxylic acids is 1. The molecule has 0 spiro atoms. The lowest BCUT2D eigenvalue weighted by atomic mass is 10.0. The highest BCUT2D eigenvalue weighted by Gasteiger charge is 2.30. The third-order valence-electron chi connectivity index (χ3n) is 4.31. The molecule has 0 saturated carbocycles. The summed E-state index contributed by atoms with van der Waals surface area (Å²) in [6.45, 7) is 0.409. The Bertz CT molecular complexity index is 854. The zero-order chi connectivity index (χ0) is 19.2. The molecule has 1 aliphatic rings. The molecule has 0 bridgehead atoms. The van der Waals surface area contributed by atoms with Gasteiger partial charge < -0.3 is 14.7 Å². The molecule has 2 heterocycles. The molecule has 1 atom stereocenters. The number of hydrogen-bond acceptors (Lipinski definition) is 4. The van der Waals surface area contributed by atoms with E-state index < -0.39 is 23.7 Å². The summed E-state index contributed by atoms with van der Waals surface area (Å²) in [5.41, 5.74) is 0.475. The van der Waals surface area contributed by atoms with Crippen LogP contribution in [0, 0.1) is 5.82 Å². The molecule has 1 saturated heterocycles. The molecule has 27 heavy (non-hydrogen) atoms. The third-order valence-corrected chi connectivity index (χ3v) is 4.31. The number of pyridine rings is 1. The van der Waals surface area contributed by atoms with Crippen molar-refractivity contribution >= 4 is 18.0 Å². The summed E-state index contributed by atoms with van der Waals surface area (Å²) in [4.78, 5) is 28.9. The first-order valence-corrected chi connectivity index (χ1v) is 8.63. The normalized spacial score (nSPS) is 17.1. The van der Waals surface area contributed by atoms with Crippen LogP contribution in [-0.4, -0.2) is 39.5 Å². The van der Waals surface area contributed by atoms with Crippen molar-refractivity contribution in [2.45, 2.75) is 25.3 Å². The Kier molecular flexibility index (Phi) is 5.80. The number of carboxylic acid groups (broad SMARTS) is 1. The van der Waals surface area contributed by atoms with Gasteiger partial charge in [-0.25, -0.2) is 9.18 Å². The molecule has 2 aromatic rings. The number of piperidine rings is 1. The molecule has 1 fully saturated rings. The highest BCUT2D eigenvalue weighted by atomic mass is 19.1. The SMILES string of the molecule is O=C(O)C1CCCCN1C(=O)/C=C/c1ccc(Oc2cccnc2)c(F)c1. The number of halogens is 1. The van der Waals surface area contributed by atoms with E-state index in [0.717, 1.165) is 12.8 Å². The molecular weight excluding hydrogens is 351 g/mol. The second kappa shape index (κ2) is 8.44. The fourth-order valence-electron chi connectivity index (χ4n) is 2.95. The van der Waals surface area contributed by atoms with E-state index in [9.17, 15) is 19.1 Å². The van der Waals surface area contributed by atoms with E-state index >= 15 is 0 Å². The molecule has 1 N–H and O–H groups in total. The van der Waals surface area contributed by atoms with Gasteiger partial charge >= 0.3 is 5.97 Å². The number of aliphatic carboxylic acids is 1. The van der Waals surface area contributed by atoms with E-state index in [2.05, 4.69) is 4.98 Å². The quantitative estimate of drug-likeness (QED) is 0.815. The number of rotatable bonds is 5. The number of ether oxygens (including phenoxy) is 1. The lowest BCUT2D eigenvalue weighted by molar-refractivity contribution is -0.150. The standard InChI is InChI=1S/C20H19FN2O4/c21-16-12-14(6-8-18(16)27-15-4-3-10-22-13-15)7-9-19(24)23-11-2-1-5-17(23)20(25)26/h3-4,6-10,12-13,17H,1-2,5,11H2,(H,25,26)/b9-7+. The van der Waals surface area contributed by atoms with E-state index in [1.165, 1.54) is 35.4 Å². The van der Waals surface area contributed by atoms with E-state index in [1.54, 1.807) is 24.4 Å². The van der Waals surface area contributed by atoms with Gasteiger partial charge in [0.15, 0.2) is 11.6 Å². The molecular formula is C20H19FN2O4. The molecule has 1 aromatic carbocycles. The Hall–Kier alpha value is -3.22. The van der Waals surface area contributed by atoms with Crippen molar-refractivity contribution in [3.63, 3.8) is 0 Å². The van der Waals surface area contributed by atoms with Crippen LogP contribution in [-0.2, 0) is 9.59 Å². The van der Waals surface area contributed by atoms with Crippen molar-refractivity contribution < 1.29 is 23.8 Å². The largest absolute Gasteiger partial charge is 0.480 e. The van der Waals surface area contributed by atoms with Crippen molar-refractivity contribution in [1.29, 1.82) is 0 Å². The zero-order valence-corrected chi connectivity index (χ0v) is 14.5. The summed E-state index contributed by atoms with van der Waals surface area (Å²) >= 11 is 0. The van der Waals surface area contributed by atoms with Gasteiger partial charge in [0.25, 0.3) is 0 Å². The zero-order valence-electron chi connectivity index (χ0n) is 14.5. The molecule has 0 aliphatic carbocycles. The summed E-state index contributed by atoms with van der Waals surface area (Å²) in [5.74, 6) is -1.50. The molecule has 1 amide bonds. The van der Waals surface area contributed by atoms with Gasteiger partial charge in [-0.1, -0.05) is 6.07 Å². The first-order valence-electron chi connectivity index (χ1n) is 8.63. The lowest BCUT2D eigenvalue weighted by Crippen LogP contribution is -2.47. The maximum absolute atomic E-state index is 14.2. The lowest BCUT2D eigenvalue weighted by Gasteiger charge is -2.32. The summed E-state index contributed by atoms with van der Waals surface area (Å²) < 4.78 is 19.7. The van der Waals surface area contributed by atoms with Crippen LogP contribution < -0.4 is 4.74 Å². The van der Waals surface area contributed by atoms with Gasteiger partial charge in [0.1, 0.15) is 11.8 Å². The van der Waals surface area contributed by atoms with Gasteiger partial charge in [-0.2, -0.15) is 0 Å². The van der Waals surface area contributed by atoms with Gasteiger partial charge in [0.05, 0.1) is 6.20 Å². The predicted octanol–water partition coefficient (Wildman–Crippen LogP) is 3.49. The van der Waals surface area contributed by atoms with Crippen molar-refractivity contribution in [2.24, 2.45) is 0 Å². The van der Waals surface area contributed by atoms with Crippen LogP contribution in [0.3, 0.4) is 0 Å². The smallest absolute Gasteiger partial charge is 0.326 e. The fourth-order valence-corrected chi connectivity index (χ4v) is 2.95. The summed E-state index contributed by atoms with van der Waals surface area (Å²) in [7, 11) is 0. The van der Waals surface area contributed by atoms with Crippen molar-refractivity contribution in [2.75, 3.05) is 6.54 Å². The first kappa shape index (κ1) is 18.6. The summed E-state index contributed by atoms with van der Waals surface area (Å²) in [5, 5.41) is 9.24. The van der Waals surface area contributed by atoms with Gasteiger partial charge in [-0.15, -0.1) is 0 Å². The van der Waals surface area contributed by atoms with Gasteiger partial charge in [0.2, 0.25) is 5.91 Å². The molecule has 3 rings (SSSR count). The number of benzene rings is 1. The van der Waals surface area contributed by atoms with Crippen molar-refractivity contribution in [3.05, 3.63) is 60.2 Å². The first-order chi connectivity index (χ1) is 13.0. The number of hydrogen-bond donors (Lipinski definition) is 1. The number of amides is 1. The highest BCUT2D eigenvalue weighted by Crippen LogP contribution is 2.25. The average molecular weight is 370 g/mol. The van der Waals surface area contributed by atoms with E-state index in [0.29, 0.717) is 24.3 Å². The summed E-state index contributed by atoms with van der Waals surface area (Å²) in [6, 6.07) is 6.87. The fraction of sp³-hybridized carbons (Fsp3) is 0.250. The van der Waals surface area contributed by atoms with Crippen LogP contribution in [0.15, 0.2) is 48.8 Å². The second-order valence-electron chi connectivity index (χ2n) is 6.20. The summed E-state index contributed by atoms with van der Waals surface area (Å²) in [6.07, 6.45) is 7.82. The van der Waals surface area contributed by atoms with Crippen LogP contribution >= 0.6 is 0 Å².